The van der Waals surface area contributed by atoms with E-state index < -0.39 is 4.92 Å². The number of pyridine rings is 1. The molecule has 0 saturated carbocycles. The average molecular weight is 351 g/mol. The molecule has 134 valence electrons. The van der Waals surface area contributed by atoms with Crippen LogP contribution in [-0.2, 0) is 6.54 Å². The number of para-hydroxylation sites is 1. The molecule has 2 aromatic heterocycles. The van der Waals surface area contributed by atoms with Crippen molar-refractivity contribution < 1.29 is 4.92 Å². The molecule has 3 rings (SSSR count). The van der Waals surface area contributed by atoms with E-state index >= 15 is 0 Å². The third-order valence-corrected chi connectivity index (χ3v) is 4.13. The van der Waals surface area contributed by atoms with Crippen LogP contribution in [-0.4, -0.2) is 19.7 Å². The van der Waals surface area contributed by atoms with Crippen LogP contribution in [0.1, 0.15) is 36.6 Å². The highest BCUT2D eigenvalue weighted by Crippen LogP contribution is 2.22. The second-order valence-corrected chi connectivity index (χ2v) is 6.44. The van der Waals surface area contributed by atoms with Gasteiger partial charge in [-0.25, -0.2) is 9.67 Å². The summed E-state index contributed by atoms with van der Waals surface area (Å²) in [6.07, 6.45) is 3.30. The molecular formula is C19H21N5O2. The molecule has 0 radical (unpaired) electrons. The summed E-state index contributed by atoms with van der Waals surface area (Å²) in [5.41, 5.74) is 3.69. The fraction of sp³-hybridized carbons (Fsp3) is 0.263. The number of rotatable bonds is 6. The normalized spacial score (nSPS) is 10.9. The van der Waals surface area contributed by atoms with Crippen molar-refractivity contribution in [2.45, 2.75) is 33.2 Å². The Bertz CT molecular complexity index is 919. The molecule has 26 heavy (non-hydrogen) atoms. The van der Waals surface area contributed by atoms with Gasteiger partial charge < -0.3 is 5.32 Å². The topological polar surface area (TPSA) is 85.9 Å². The largest absolute Gasteiger partial charge is 0.366 e. The van der Waals surface area contributed by atoms with Crippen molar-refractivity contribution in [3.05, 3.63) is 75.7 Å². The van der Waals surface area contributed by atoms with Crippen LogP contribution in [0, 0.1) is 17.0 Å². The lowest BCUT2D eigenvalue weighted by atomic mass is 10.1. The van der Waals surface area contributed by atoms with E-state index in [2.05, 4.69) is 24.1 Å². The molecule has 0 atom stereocenters. The van der Waals surface area contributed by atoms with Gasteiger partial charge in [-0.2, -0.15) is 5.10 Å². The van der Waals surface area contributed by atoms with Gasteiger partial charge in [-0.1, -0.05) is 32.0 Å². The Morgan fingerprint density at radius 1 is 1.27 bits per heavy atom. The van der Waals surface area contributed by atoms with Crippen LogP contribution in [0.4, 0.5) is 11.5 Å². The third kappa shape index (κ3) is 3.72. The first kappa shape index (κ1) is 17.6. The summed E-state index contributed by atoms with van der Waals surface area (Å²) >= 11 is 0. The maximum atomic E-state index is 10.9. The maximum absolute atomic E-state index is 10.9. The minimum absolute atomic E-state index is 0.0234. The number of benzene rings is 1. The molecule has 0 amide bonds. The predicted molar refractivity (Wildman–Crippen MR) is 101 cm³/mol. The average Bonchev–Trinajstić information content (AvgIpc) is 3.05. The highest BCUT2D eigenvalue weighted by molar-refractivity contribution is 5.47. The smallest absolute Gasteiger partial charge is 0.290 e. The Labute approximate surface area is 151 Å². The fourth-order valence-electron chi connectivity index (χ4n) is 2.78. The van der Waals surface area contributed by atoms with E-state index in [1.165, 1.54) is 6.20 Å². The first-order valence-electron chi connectivity index (χ1n) is 8.44. The van der Waals surface area contributed by atoms with Crippen molar-refractivity contribution in [2.75, 3.05) is 5.32 Å². The lowest BCUT2D eigenvalue weighted by molar-refractivity contribution is -0.385. The number of hydrogen-bond acceptors (Lipinski definition) is 5. The summed E-state index contributed by atoms with van der Waals surface area (Å²) < 4.78 is 1.88. The van der Waals surface area contributed by atoms with E-state index in [0.717, 1.165) is 16.9 Å². The molecule has 0 saturated heterocycles. The van der Waals surface area contributed by atoms with Gasteiger partial charge in [0.05, 0.1) is 16.3 Å². The molecule has 1 N–H and O–H groups in total. The molecule has 7 heteroatoms. The van der Waals surface area contributed by atoms with Gasteiger partial charge in [0, 0.05) is 23.9 Å². The zero-order chi connectivity index (χ0) is 18.7. The minimum Gasteiger partial charge on any atom is -0.366 e. The van der Waals surface area contributed by atoms with Crippen LogP contribution in [0.5, 0.6) is 0 Å². The third-order valence-electron chi connectivity index (χ3n) is 4.13. The fourth-order valence-corrected chi connectivity index (χ4v) is 2.78. The maximum Gasteiger partial charge on any atom is 0.290 e. The Hall–Kier alpha value is -3.22. The lowest BCUT2D eigenvalue weighted by Gasteiger charge is -2.08. The molecule has 0 unspecified atom stereocenters. The number of nitrogens with zero attached hydrogens (tertiary/aromatic N) is 4. The van der Waals surface area contributed by atoms with Crippen molar-refractivity contribution in [1.29, 1.82) is 0 Å². The van der Waals surface area contributed by atoms with Gasteiger partial charge in [-0.05, 0) is 31.0 Å². The van der Waals surface area contributed by atoms with Gasteiger partial charge in [0.15, 0.2) is 0 Å². The molecular weight excluding hydrogens is 330 g/mol. The first-order valence-corrected chi connectivity index (χ1v) is 8.44. The molecule has 7 nitrogen and oxygen atoms in total. The van der Waals surface area contributed by atoms with Crippen molar-refractivity contribution >= 4 is 11.5 Å². The predicted octanol–water partition coefficient (Wildman–Crippen LogP) is 4.22. The SMILES string of the molecule is Cc1cc(NCc2cn(-c3ccccc3)nc2C(C)C)ncc1[N+](=O)[O-]. The van der Waals surface area contributed by atoms with Gasteiger partial charge >= 0.3 is 0 Å². The number of anilines is 1. The number of hydrogen-bond donors (Lipinski definition) is 1. The first-order chi connectivity index (χ1) is 12.5. The highest BCUT2D eigenvalue weighted by Gasteiger charge is 2.15. The van der Waals surface area contributed by atoms with E-state index in [-0.39, 0.29) is 11.6 Å². The number of nitro groups is 1. The van der Waals surface area contributed by atoms with Gasteiger partial charge in [-0.3, -0.25) is 10.1 Å². The summed E-state index contributed by atoms with van der Waals surface area (Å²) in [5, 5.41) is 18.9. The highest BCUT2D eigenvalue weighted by atomic mass is 16.6. The van der Waals surface area contributed by atoms with Gasteiger partial charge in [0.1, 0.15) is 12.0 Å². The van der Waals surface area contributed by atoms with E-state index in [9.17, 15) is 10.1 Å². The molecule has 0 spiro atoms. The van der Waals surface area contributed by atoms with Crippen molar-refractivity contribution in [1.82, 2.24) is 14.8 Å². The van der Waals surface area contributed by atoms with Crippen LogP contribution >= 0.6 is 0 Å². The van der Waals surface area contributed by atoms with E-state index in [1.807, 2.05) is 41.2 Å². The lowest BCUT2D eigenvalue weighted by Crippen LogP contribution is -2.05. The number of aromatic nitrogens is 3. The second-order valence-electron chi connectivity index (χ2n) is 6.44. The van der Waals surface area contributed by atoms with Crippen molar-refractivity contribution in [2.24, 2.45) is 0 Å². The quantitative estimate of drug-likeness (QED) is 0.531. The standard InChI is InChI=1S/C19H21N5O2/c1-13(2)19-15(12-23(22-19)16-7-5-4-6-8-16)10-20-18-9-14(3)17(11-21-18)24(25)26/h4-9,11-13H,10H2,1-3H3,(H,20,21). The second kappa shape index (κ2) is 7.35. The van der Waals surface area contributed by atoms with Crippen molar-refractivity contribution in [3.63, 3.8) is 0 Å². The van der Waals surface area contributed by atoms with Crippen LogP contribution < -0.4 is 5.32 Å². The van der Waals surface area contributed by atoms with Crippen molar-refractivity contribution in [3.8, 4) is 5.69 Å². The van der Waals surface area contributed by atoms with Crippen LogP contribution in [0.15, 0.2) is 48.8 Å². The molecule has 0 aliphatic rings. The van der Waals surface area contributed by atoms with Gasteiger partial charge in [-0.15, -0.1) is 0 Å². The molecule has 0 bridgehead atoms. The molecule has 2 heterocycles. The summed E-state index contributed by atoms with van der Waals surface area (Å²) in [5.74, 6) is 0.888. The minimum atomic E-state index is -0.424. The van der Waals surface area contributed by atoms with E-state index in [1.54, 1.807) is 13.0 Å². The molecule has 0 aliphatic carbocycles. The Morgan fingerprint density at radius 3 is 2.62 bits per heavy atom. The Morgan fingerprint density at radius 2 is 2.00 bits per heavy atom. The molecule has 0 fully saturated rings. The summed E-state index contributed by atoms with van der Waals surface area (Å²) in [6.45, 7) is 6.47. The van der Waals surface area contributed by atoms with Crippen LogP contribution in [0.25, 0.3) is 5.69 Å². The Balaban J connectivity index is 1.82. The van der Waals surface area contributed by atoms with Crippen LogP contribution in [0.3, 0.4) is 0 Å². The van der Waals surface area contributed by atoms with Crippen LogP contribution in [0.2, 0.25) is 0 Å². The van der Waals surface area contributed by atoms with E-state index in [0.29, 0.717) is 17.9 Å². The van der Waals surface area contributed by atoms with E-state index in [4.69, 9.17) is 5.10 Å². The zero-order valence-corrected chi connectivity index (χ0v) is 15.0. The summed E-state index contributed by atoms with van der Waals surface area (Å²) in [7, 11) is 0. The molecule has 3 aromatic rings. The number of nitrogens with one attached hydrogen (secondary N) is 1. The molecule has 0 aliphatic heterocycles. The van der Waals surface area contributed by atoms with Gasteiger partial charge in [0.2, 0.25) is 0 Å². The Kier molecular flexibility index (Phi) is 4.97. The number of aryl methyl sites for hydroxylation is 1. The van der Waals surface area contributed by atoms with Gasteiger partial charge in [0.25, 0.3) is 5.69 Å². The monoisotopic (exact) mass is 351 g/mol. The summed E-state index contributed by atoms with van der Waals surface area (Å²) in [4.78, 5) is 14.6. The summed E-state index contributed by atoms with van der Waals surface area (Å²) in [6, 6.07) is 11.6. The molecule has 1 aromatic carbocycles. The zero-order valence-electron chi connectivity index (χ0n) is 15.0.